The number of ether oxygens (including phenoxy) is 4. The predicted octanol–water partition coefficient (Wildman–Crippen LogP) is 5.06. The first-order valence-corrected chi connectivity index (χ1v) is 16.3. The van der Waals surface area contributed by atoms with Gasteiger partial charge in [-0.05, 0) is 70.2 Å². The van der Waals surface area contributed by atoms with Gasteiger partial charge in [-0.3, -0.25) is 15.0 Å². The highest BCUT2D eigenvalue weighted by molar-refractivity contribution is 6.33. The fourth-order valence-electron chi connectivity index (χ4n) is 7.65. The highest BCUT2D eigenvalue weighted by Gasteiger charge is 2.45. The van der Waals surface area contributed by atoms with Gasteiger partial charge in [0.05, 0.1) is 49.0 Å². The number of rotatable bonds is 3. The lowest BCUT2D eigenvalue weighted by atomic mass is 9.95. The highest BCUT2D eigenvalue weighted by Crippen LogP contribution is 2.42. The Balaban J connectivity index is 1.32. The number of hydrogen-bond donors (Lipinski definition) is 1. The SMILES string of the molecule is C[C@@]12COCCN(C1)c1nc(OCC34CCCN3CCC4)nc3c(F)c(ncc13)-c1c(c(Cl)cc3[nH]ncc13)CCCOC(=O)O2. The quantitative estimate of drug-likeness (QED) is 0.299. The molecule has 5 aliphatic heterocycles. The molecule has 14 heteroatoms. The van der Waals surface area contributed by atoms with Crippen molar-refractivity contribution in [2.75, 3.05) is 57.5 Å². The summed E-state index contributed by atoms with van der Waals surface area (Å²) in [6.45, 7) is 5.52. The number of aromatic amines is 1. The molecule has 0 aliphatic carbocycles. The first kappa shape index (κ1) is 29.6. The number of fused-ring (bicyclic) bond motifs is 8. The number of carbonyl (C=O) groups excluding carboxylic acids is 1. The third-order valence-electron chi connectivity index (χ3n) is 9.82. The van der Waals surface area contributed by atoms with E-state index in [9.17, 15) is 4.79 Å². The van der Waals surface area contributed by atoms with Crippen LogP contribution in [0.4, 0.5) is 15.0 Å². The molecule has 9 rings (SSSR count). The van der Waals surface area contributed by atoms with Crippen LogP contribution in [-0.4, -0.2) is 100.0 Å². The van der Waals surface area contributed by atoms with Crippen LogP contribution in [0.3, 0.4) is 0 Å². The van der Waals surface area contributed by atoms with Crippen LogP contribution in [-0.2, 0) is 20.6 Å². The summed E-state index contributed by atoms with van der Waals surface area (Å²) in [5, 5.41) is 8.62. The van der Waals surface area contributed by atoms with Gasteiger partial charge in [0, 0.05) is 28.7 Å². The molecule has 3 fully saturated rings. The molecule has 1 atom stereocenters. The van der Waals surface area contributed by atoms with Crippen LogP contribution in [0.25, 0.3) is 33.1 Å². The van der Waals surface area contributed by atoms with Gasteiger partial charge >= 0.3 is 12.2 Å². The number of nitrogens with zero attached hydrogens (tertiary/aromatic N) is 6. The Hall–Kier alpha value is -3.81. The number of hydrogen-bond acceptors (Lipinski definition) is 11. The molecule has 6 bridgehead atoms. The number of anilines is 1. The van der Waals surface area contributed by atoms with E-state index in [2.05, 4.69) is 25.1 Å². The molecule has 1 N–H and O–H groups in total. The minimum atomic E-state index is -1.06. The molecule has 3 aromatic heterocycles. The van der Waals surface area contributed by atoms with Crippen LogP contribution >= 0.6 is 11.6 Å². The van der Waals surface area contributed by atoms with Crippen LogP contribution < -0.4 is 9.64 Å². The topological polar surface area (TPSA) is 128 Å². The standard InChI is InChI=1S/C32H35ClFN7O5/c1-31-16-40(10-12-43-17-31)28-21-14-35-27(24-19(5-2-11-44-30(42)46-31)22(33)13-23-20(24)15-36-39-23)25(34)26(21)37-29(38-28)45-18-32-6-3-8-41(32)9-4-7-32/h13-15H,2-12,16-18H2,1H3,(H,36,39)/t31-/m0/s1. The number of benzene rings is 1. The normalized spacial score (nSPS) is 23.4. The van der Waals surface area contributed by atoms with Crippen molar-refractivity contribution in [1.29, 1.82) is 0 Å². The lowest BCUT2D eigenvalue weighted by Gasteiger charge is -2.33. The monoisotopic (exact) mass is 651 g/mol. The van der Waals surface area contributed by atoms with E-state index in [0.717, 1.165) is 38.8 Å². The fraction of sp³-hybridized carbons (Fsp3) is 0.531. The average molecular weight is 652 g/mol. The first-order chi connectivity index (χ1) is 22.3. The van der Waals surface area contributed by atoms with Crippen molar-refractivity contribution in [1.82, 2.24) is 30.0 Å². The summed E-state index contributed by atoms with van der Waals surface area (Å²) in [6.07, 6.45) is 7.58. The molecule has 8 heterocycles. The third kappa shape index (κ3) is 5.08. The van der Waals surface area contributed by atoms with E-state index >= 15 is 4.39 Å². The van der Waals surface area contributed by atoms with Crippen molar-refractivity contribution in [3.63, 3.8) is 0 Å². The number of H-pyrrole nitrogens is 1. The van der Waals surface area contributed by atoms with E-state index in [-0.39, 0.29) is 42.5 Å². The highest BCUT2D eigenvalue weighted by atomic mass is 35.5. The van der Waals surface area contributed by atoms with Crippen molar-refractivity contribution in [3.8, 4) is 17.3 Å². The van der Waals surface area contributed by atoms with E-state index in [1.807, 2.05) is 4.90 Å². The van der Waals surface area contributed by atoms with Crippen LogP contribution in [0.15, 0.2) is 18.5 Å². The smallest absolute Gasteiger partial charge is 0.461 e. The van der Waals surface area contributed by atoms with Crippen LogP contribution in [0.2, 0.25) is 5.02 Å². The number of aromatic nitrogens is 5. The zero-order valence-electron chi connectivity index (χ0n) is 25.6. The Kier molecular flexibility index (Phi) is 7.37. The molecule has 3 saturated heterocycles. The van der Waals surface area contributed by atoms with Crippen molar-refractivity contribution < 1.29 is 28.1 Å². The maximum atomic E-state index is 17.0. The molecule has 0 amide bonds. The molecular formula is C32H35ClFN7O5. The second-order valence-electron chi connectivity index (χ2n) is 13.0. The van der Waals surface area contributed by atoms with Gasteiger partial charge in [-0.15, -0.1) is 0 Å². The van der Waals surface area contributed by atoms with Crippen LogP contribution in [0.5, 0.6) is 6.01 Å². The zero-order chi connectivity index (χ0) is 31.5. The second kappa shape index (κ2) is 11.5. The Labute approximate surface area is 269 Å². The fourth-order valence-corrected chi connectivity index (χ4v) is 7.94. The Bertz CT molecular complexity index is 1830. The van der Waals surface area contributed by atoms with Gasteiger partial charge in [0.25, 0.3) is 0 Å². The molecule has 0 saturated carbocycles. The summed E-state index contributed by atoms with van der Waals surface area (Å²) < 4.78 is 40.6. The van der Waals surface area contributed by atoms with Gasteiger partial charge in [-0.25, -0.2) is 9.18 Å². The largest absolute Gasteiger partial charge is 0.508 e. The minimum Gasteiger partial charge on any atom is -0.461 e. The van der Waals surface area contributed by atoms with Gasteiger partial charge in [0.15, 0.2) is 11.4 Å². The van der Waals surface area contributed by atoms with Gasteiger partial charge in [-0.2, -0.15) is 15.1 Å². The summed E-state index contributed by atoms with van der Waals surface area (Å²) in [7, 11) is 0. The third-order valence-corrected chi connectivity index (χ3v) is 10.2. The molecule has 242 valence electrons. The summed E-state index contributed by atoms with van der Waals surface area (Å²) in [6, 6.07) is 1.84. The van der Waals surface area contributed by atoms with E-state index in [4.69, 9.17) is 35.5 Å². The van der Waals surface area contributed by atoms with Gasteiger partial charge in [0.2, 0.25) is 0 Å². The zero-order valence-corrected chi connectivity index (χ0v) is 26.4. The predicted molar refractivity (Wildman–Crippen MR) is 168 cm³/mol. The van der Waals surface area contributed by atoms with E-state index in [1.165, 1.54) is 0 Å². The number of carbonyl (C=O) groups is 1. The molecule has 1 aromatic carbocycles. The van der Waals surface area contributed by atoms with Gasteiger partial charge < -0.3 is 23.8 Å². The van der Waals surface area contributed by atoms with Crippen molar-refractivity contribution in [2.45, 2.75) is 56.6 Å². The Morgan fingerprint density at radius 2 is 1.96 bits per heavy atom. The second-order valence-corrected chi connectivity index (χ2v) is 13.4. The van der Waals surface area contributed by atoms with Crippen LogP contribution in [0, 0.1) is 5.82 Å². The summed E-state index contributed by atoms with van der Waals surface area (Å²) in [4.78, 5) is 31.5. The lowest BCUT2D eigenvalue weighted by molar-refractivity contribution is -0.0575. The molecule has 5 aliphatic rings. The summed E-state index contributed by atoms with van der Waals surface area (Å²) >= 11 is 6.78. The van der Waals surface area contributed by atoms with E-state index in [1.54, 1.807) is 25.4 Å². The molecule has 46 heavy (non-hydrogen) atoms. The Morgan fingerprint density at radius 1 is 1.11 bits per heavy atom. The van der Waals surface area contributed by atoms with Crippen molar-refractivity contribution in [3.05, 3.63) is 34.9 Å². The lowest BCUT2D eigenvalue weighted by Crippen LogP contribution is -2.46. The van der Waals surface area contributed by atoms with Crippen LogP contribution in [0.1, 0.15) is 44.6 Å². The van der Waals surface area contributed by atoms with Crippen molar-refractivity contribution >= 4 is 45.4 Å². The van der Waals surface area contributed by atoms with Gasteiger partial charge in [0.1, 0.15) is 23.6 Å². The Morgan fingerprint density at radius 3 is 2.80 bits per heavy atom. The minimum absolute atomic E-state index is 0.0556. The van der Waals surface area contributed by atoms with Crippen molar-refractivity contribution in [2.24, 2.45) is 0 Å². The number of nitrogens with one attached hydrogen (secondary N) is 1. The average Bonchev–Trinajstić information content (AvgIpc) is 3.73. The summed E-state index contributed by atoms with van der Waals surface area (Å²) in [5.41, 5.74) is 0.877. The molecule has 0 radical (unpaired) electrons. The molecule has 0 spiro atoms. The first-order valence-electron chi connectivity index (χ1n) is 15.9. The van der Waals surface area contributed by atoms with E-state index in [0.29, 0.717) is 70.9 Å². The maximum absolute atomic E-state index is 17.0. The van der Waals surface area contributed by atoms with Gasteiger partial charge in [-0.1, -0.05) is 11.6 Å². The molecule has 12 nitrogen and oxygen atoms in total. The molecular weight excluding hydrogens is 617 g/mol. The number of pyridine rings is 1. The molecule has 0 unspecified atom stereocenters. The molecule has 4 aromatic rings. The summed E-state index contributed by atoms with van der Waals surface area (Å²) in [5.74, 6) is -0.187. The maximum Gasteiger partial charge on any atom is 0.508 e. The van der Waals surface area contributed by atoms with E-state index < -0.39 is 17.6 Å². The number of halogens is 2.